The van der Waals surface area contributed by atoms with Crippen LogP contribution in [0.1, 0.15) is 52.4 Å². The van der Waals surface area contributed by atoms with Crippen LogP contribution in [0.15, 0.2) is 0 Å². The maximum atomic E-state index is 12.0. The lowest BCUT2D eigenvalue weighted by atomic mass is 9.70. The van der Waals surface area contributed by atoms with Crippen molar-refractivity contribution in [2.24, 2.45) is 17.3 Å². The summed E-state index contributed by atoms with van der Waals surface area (Å²) in [6.07, 6.45) is 7.05. The Morgan fingerprint density at radius 1 is 1.39 bits per heavy atom. The van der Waals surface area contributed by atoms with Gasteiger partial charge in [0.25, 0.3) is 0 Å². The number of nitrogens with one attached hydrogen (secondary N) is 2. The summed E-state index contributed by atoms with van der Waals surface area (Å²) in [6, 6.07) is 0. The van der Waals surface area contributed by atoms with Gasteiger partial charge in [-0.1, -0.05) is 20.3 Å². The highest BCUT2D eigenvalue weighted by atomic mass is 16.1. The molecule has 0 bridgehead atoms. The number of piperidine rings is 1. The van der Waals surface area contributed by atoms with Crippen LogP contribution in [0.5, 0.6) is 0 Å². The van der Waals surface area contributed by atoms with Crippen LogP contribution in [0, 0.1) is 17.3 Å². The highest BCUT2D eigenvalue weighted by Crippen LogP contribution is 2.39. The van der Waals surface area contributed by atoms with E-state index in [1.807, 2.05) is 0 Å². The third-order valence-corrected chi connectivity index (χ3v) is 4.97. The molecule has 2 rings (SSSR count). The van der Waals surface area contributed by atoms with Gasteiger partial charge in [0.05, 0.1) is 0 Å². The van der Waals surface area contributed by atoms with Crippen molar-refractivity contribution in [3.8, 4) is 0 Å². The van der Waals surface area contributed by atoms with Crippen molar-refractivity contribution in [3.05, 3.63) is 0 Å². The van der Waals surface area contributed by atoms with Crippen LogP contribution in [0.4, 0.5) is 0 Å². The number of carbonyl (C=O) groups is 1. The van der Waals surface area contributed by atoms with Gasteiger partial charge in [0.1, 0.15) is 0 Å². The van der Waals surface area contributed by atoms with E-state index < -0.39 is 0 Å². The second-order valence-electron chi connectivity index (χ2n) is 6.71. The fourth-order valence-electron chi connectivity index (χ4n) is 3.21. The summed E-state index contributed by atoms with van der Waals surface area (Å²) >= 11 is 0. The molecule has 2 aliphatic rings. The van der Waals surface area contributed by atoms with Crippen molar-refractivity contribution >= 4 is 5.91 Å². The topological polar surface area (TPSA) is 41.1 Å². The molecule has 104 valence electrons. The molecule has 0 radical (unpaired) electrons. The molecule has 2 fully saturated rings. The van der Waals surface area contributed by atoms with Gasteiger partial charge in [0.2, 0.25) is 5.91 Å². The molecular formula is C15H28N2O. The second kappa shape index (κ2) is 6.05. The molecular weight excluding hydrogens is 224 g/mol. The Balaban J connectivity index is 1.66. The number of amides is 1. The molecule has 1 aliphatic heterocycles. The molecule has 0 aromatic heterocycles. The van der Waals surface area contributed by atoms with E-state index in [9.17, 15) is 4.79 Å². The molecule has 3 nitrogen and oxygen atoms in total. The number of carbonyl (C=O) groups excluding carboxylic acids is 1. The van der Waals surface area contributed by atoms with Crippen LogP contribution < -0.4 is 10.6 Å². The second-order valence-corrected chi connectivity index (χ2v) is 6.71. The van der Waals surface area contributed by atoms with Crippen molar-refractivity contribution in [2.45, 2.75) is 52.4 Å². The van der Waals surface area contributed by atoms with Crippen molar-refractivity contribution in [1.29, 1.82) is 0 Å². The predicted molar refractivity (Wildman–Crippen MR) is 74.3 cm³/mol. The largest absolute Gasteiger partial charge is 0.356 e. The number of rotatable bonds is 5. The molecule has 2 N–H and O–H groups in total. The average Bonchev–Trinajstić information content (AvgIpc) is 2.35. The first-order valence-corrected chi connectivity index (χ1v) is 7.56. The molecule has 0 aromatic rings. The Bertz CT molecular complexity index is 280. The molecule has 0 spiro atoms. The van der Waals surface area contributed by atoms with E-state index >= 15 is 0 Å². The summed E-state index contributed by atoms with van der Waals surface area (Å²) in [6.45, 7) is 7.64. The molecule has 1 saturated heterocycles. The van der Waals surface area contributed by atoms with E-state index in [1.165, 1.54) is 32.1 Å². The van der Waals surface area contributed by atoms with Gasteiger partial charge < -0.3 is 10.6 Å². The van der Waals surface area contributed by atoms with Crippen LogP contribution in [-0.2, 0) is 4.79 Å². The van der Waals surface area contributed by atoms with Crippen molar-refractivity contribution in [1.82, 2.24) is 10.6 Å². The van der Waals surface area contributed by atoms with Crippen molar-refractivity contribution in [3.63, 3.8) is 0 Å². The molecule has 3 heteroatoms. The standard InChI is InChI=1S/C15H28N2O/c1-12(13-4-8-16-9-5-13)10-14(18)17-11-15(2)6-3-7-15/h12-13,16H,3-11H2,1-2H3,(H,17,18). The lowest BCUT2D eigenvalue weighted by Crippen LogP contribution is -2.41. The van der Waals surface area contributed by atoms with Gasteiger partial charge in [-0.25, -0.2) is 0 Å². The van der Waals surface area contributed by atoms with Crippen LogP contribution in [0.2, 0.25) is 0 Å². The van der Waals surface area contributed by atoms with E-state index in [-0.39, 0.29) is 5.91 Å². The minimum atomic E-state index is 0.258. The first-order chi connectivity index (χ1) is 8.59. The summed E-state index contributed by atoms with van der Waals surface area (Å²) < 4.78 is 0. The number of hydrogen-bond acceptors (Lipinski definition) is 2. The van der Waals surface area contributed by atoms with Gasteiger partial charge >= 0.3 is 0 Å². The Kier molecular flexibility index (Phi) is 4.66. The van der Waals surface area contributed by atoms with Crippen LogP contribution in [0.25, 0.3) is 0 Å². The van der Waals surface area contributed by atoms with E-state index in [1.54, 1.807) is 0 Å². The molecule has 0 aromatic carbocycles. The van der Waals surface area contributed by atoms with E-state index in [0.717, 1.165) is 25.6 Å². The minimum Gasteiger partial charge on any atom is -0.356 e. The Morgan fingerprint density at radius 2 is 2.06 bits per heavy atom. The van der Waals surface area contributed by atoms with Crippen molar-refractivity contribution in [2.75, 3.05) is 19.6 Å². The fourth-order valence-corrected chi connectivity index (χ4v) is 3.21. The van der Waals surface area contributed by atoms with E-state index in [0.29, 0.717) is 17.8 Å². The average molecular weight is 252 g/mol. The first kappa shape index (κ1) is 13.9. The van der Waals surface area contributed by atoms with E-state index in [2.05, 4.69) is 24.5 Å². The molecule has 1 saturated carbocycles. The summed E-state index contributed by atoms with van der Waals surface area (Å²) in [5.74, 6) is 1.52. The zero-order valence-corrected chi connectivity index (χ0v) is 11.9. The molecule has 1 aliphatic carbocycles. The zero-order valence-electron chi connectivity index (χ0n) is 11.9. The Labute approximate surface area is 111 Å². The quantitative estimate of drug-likeness (QED) is 0.788. The minimum absolute atomic E-state index is 0.258. The molecule has 18 heavy (non-hydrogen) atoms. The molecule has 1 heterocycles. The monoisotopic (exact) mass is 252 g/mol. The van der Waals surface area contributed by atoms with Crippen LogP contribution in [0.3, 0.4) is 0 Å². The SMILES string of the molecule is CC(CC(=O)NCC1(C)CCC1)C1CCNCC1. The Morgan fingerprint density at radius 3 is 2.61 bits per heavy atom. The smallest absolute Gasteiger partial charge is 0.220 e. The zero-order chi connectivity index (χ0) is 13.0. The van der Waals surface area contributed by atoms with Gasteiger partial charge in [-0.15, -0.1) is 0 Å². The van der Waals surface area contributed by atoms with Gasteiger partial charge in [-0.05, 0) is 56.0 Å². The maximum Gasteiger partial charge on any atom is 0.220 e. The highest BCUT2D eigenvalue weighted by molar-refractivity contribution is 5.76. The first-order valence-electron chi connectivity index (χ1n) is 7.56. The molecule has 1 amide bonds. The van der Waals surface area contributed by atoms with E-state index in [4.69, 9.17) is 0 Å². The van der Waals surface area contributed by atoms with Crippen LogP contribution in [-0.4, -0.2) is 25.5 Å². The summed E-state index contributed by atoms with van der Waals surface area (Å²) in [5, 5.41) is 6.52. The van der Waals surface area contributed by atoms with Gasteiger partial charge in [-0.3, -0.25) is 4.79 Å². The normalized spacial score (nSPS) is 25.2. The third-order valence-electron chi connectivity index (χ3n) is 4.97. The fraction of sp³-hybridized carbons (Fsp3) is 0.933. The van der Waals surface area contributed by atoms with Gasteiger partial charge in [0.15, 0.2) is 0 Å². The van der Waals surface area contributed by atoms with Crippen LogP contribution >= 0.6 is 0 Å². The molecule has 1 atom stereocenters. The van der Waals surface area contributed by atoms with Gasteiger partial charge in [0, 0.05) is 13.0 Å². The lowest BCUT2D eigenvalue weighted by molar-refractivity contribution is -0.123. The number of hydrogen-bond donors (Lipinski definition) is 2. The third kappa shape index (κ3) is 3.71. The maximum absolute atomic E-state index is 12.0. The highest BCUT2D eigenvalue weighted by Gasteiger charge is 2.32. The lowest BCUT2D eigenvalue weighted by Gasteiger charge is -2.38. The molecule has 1 unspecified atom stereocenters. The Hall–Kier alpha value is -0.570. The van der Waals surface area contributed by atoms with Crippen molar-refractivity contribution < 1.29 is 4.79 Å². The summed E-state index contributed by atoms with van der Waals surface area (Å²) in [4.78, 5) is 12.0. The summed E-state index contributed by atoms with van der Waals surface area (Å²) in [7, 11) is 0. The predicted octanol–water partition coefficient (Wildman–Crippen LogP) is 2.32. The van der Waals surface area contributed by atoms with Gasteiger partial charge in [-0.2, -0.15) is 0 Å². The summed E-state index contributed by atoms with van der Waals surface area (Å²) in [5.41, 5.74) is 0.396.